The van der Waals surface area contributed by atoms with Crippen LogP contribution in [0.4, 0.5) is 8.78 Å². The van der Waals surface area contributed by atoms with E-state index in [1.807, 2.05) is 12.1 Å². The molecule has 0 radical (unpaired) electrons. The molecule has 3 heterocycles. The number of H-pyrrole nitrogens is 1. The number of carbonyl (C=O) groups is 1. The first-order valence-electron chi connectivity index (χ1n) is 11.8. The zero-order valence-corrected chi connectivity index (χ0v) is 19.5. The molecule has 2 N–H and O–H groups in total. The van der Waals surface area contributed by atoms with Gasteiger partial charge in [-0.2, -0.15) is 5.10 Å². The second-order valence-corrected chi connectivity index (χ2v) is 8.98. The van der Waals surface area contributed by atoms with Gasteiger partial charge in [0.25, 0.3) is 0 Å². The van der Waals surface area contributed by atoms with Gasteiger partial charge in [0.05, 0.1) is 23.0 Å². The molecule has 5 aromatic rings. The van der Waals surface area contributed by atoms with Crippen molar-refractivity contribution in [3.8, 4) is 22.8 Å². The van der Waals surface area contributed by atoms with Crippen molar-refractivity contribution < 1.29 is 28.2 Å². The van der Waals surface area contributed by atoms with Crippen molar-refractivity contribution in [2.24, 2.45) is 0 Å². The lowest BCUT2D eigenvalue weighted by atomic mass is 9.87. The molecular weight excluding hydrogens is 480 g/mol. The Hall–Kier alpha value is -4.37. The highest BCUT2D eigenvalue weighted by Gasteiger charge is 2.26. The Kier molecular flexibility index (Phi) is 5.77. The highest BCUT2D eigenvalue weighted by Crippen LogP contribution is 2.43. The van der Waals surface area contributed by atoms with Gasteiger partial charge in [-0.15, -0.1) is 0 Å². The van der Waals surface area contributed by atoms with Crippen LogP contribution >= 0.6 is 0 Å². The SMILES string of the molecule is O=C(O)c1ccc(Oc2nc(C3CCOCC3)c(-c3ccc(F)cc3)c3cc4cn[nH]c4cc23)c(F)c1. The van der Waals surface area contributed by atoms with E-state index in [0.717, 1.165) is 52.0 Å². The molecule has 6 rings (SSSR count). The molecule has 0 amide bonds. The van der Waals surface area contributed by atoms with Crippen LogP contribution in [0.15, 0.2) is 60.8 Å². The fraction of sp³-hybridized carbons (Fsp3) is 0.179. The van der Waals surface area contributed by atoms with Gasteiger partial charge in [-0.3, -0.25) is 5.10 Å². The number of hydrogen-bond acceptors (Lipinski definition) is 5. The summed E-state index contributed by atoms with van der Waals surface area (Å²) in [5, 5.41) is 18.5. The Balaban J connectivity index is 1.61. The molecule has 37 heavy (non-hydrogen) atoms. The Labute approximate surface area is 209 Å². The summed E-state index contributed by atoms with van der Waals surface area (Å²) >= 11 is 0. The lowest BCUT2D eigenvalue weighted by Gasteiger charge is -2.26. The van der Waals surface area contributed by atoms with Crippen molar-refractivity contribution in [2.75, 3.05) is 13.2 Å². The maximum absolute atomic E-state index is 14.9. The first-order chi connectivity index (χ1) is 18.0. The third kappa shape index (κ3) is 4.27. The topological polar surface area (TPSA) is 97.3 Å². The van der Waals surface area contributed by atoms with E-state index in [1.54, 1.807) is 18.3 Å². The van der Waals surface area contributed by atoms with Crippen molar-refractivity contribution in [2.45, 2.75) is 18.8 Å². The van der Waals surface area contributed by atoms with Gasteiger partial charge in [-0.05, 0) is 66.3 Å². The molecule has 3 aromatic carbocycles. The number of aromatic nitrogens is 3. The summed E-state index contributed by atoms with van der Waals surface area (Å²) in [6, 6.07) is 13.5. The molecule has 1 aliphatic rings. The van der Waals surface area contributed by atoms with Crippen LogP contribution in [-0.4, -0.2) is 39.5 Å². The third-order valence-electron chi connectivity index (χ3n) is 6.68. The van der Waals surface area contributed by atoms with Gasteiger partial charge in [0.1, 0.15) is 5.82 Å². The molecule has 1 fully saturated rings. The van der Waals surface area contributed by atoms with E-state index in [-0.39, 0.29) is 28.9 Å². The first-order valence-corrected chi connectivity index (χ1v) is 11.8. The van der Waals surface area contributed by atoms with Crippen LogP contribution in [0, 0.1) is 11.6 Å². The smallest absolute Gasteiger partial charge is 0.335 e. The van der Waals surface area contributed by atoms with E-state index >= 15 is 0 Å². The molecule has 0 bridgehead atoms. The first kappa shape index (κ1) is 23.1. The maximum atomic E-state index is 14.9. The largest absolute Gasteiger partial charge is 0.478 e. The second kappa shape index (κ2) is 9.25. The van der Waals surface area contributed by atoms with E-state index in [9.17, 15) is 18.7 Å². The van der Waals surface area contributed by atoms with Crippen molar-refractivity contribution >= 4 is 27.6 Å². The summed E-state index contributed by atoms with van der Waals surface area (Å²) in [7, 11) is 0. The van der Waals surface area contributed by atoms with Crippen molar-refractivity contribution in [3.05, 3.63) is 83.7 Å². The minimum atomic E-state index is -1.24. The van der Waals surface area contributed by atoms with Gasteiger partial charge in [-0.1, -0.05) is 12.1 Å². The molecule has 0 aliphatic carbocycles. The van der Waals surface area contributed by atoms with E-state index in [4.69, 9.17) is 14.5 Å². The molecule has 0 saturated carbocycles. The summed E-state index contributed by atoms with van der Waals surface area (Å²) in [5.74, 6) is -2.31. The molecule has 1 aliphatic heterocycles. The number of aromatic amines is 1. The van der Waals surface area contributed by atoms with E-state index < -0.39 is 11.8 Å². The average Bonchev–Trinajstić information content (AvgIpc) is 3.37. The van der Waals surface area contributed by atoms with Gasteiger partial charge < -0.3 is 14.6 Å². The highest BCUT2D eigenvalue weighted by molar-refractivity contribution is 6.06. The summed E-state index contributed by atoms with van der Waals surface area (Å²) < 4.78 is 40.3. The van der Waals surface area contributed by atoms with Crippen molar-refractivity contribution in [3.63, 3.8) is 0 Å². The van der Waals surface area contributed by atoms with E-state index in [2.05, 4.69) is 10.2 Å². The Bertz CT molecular complexity index is 1640. The van der Waals surface area contributed by atoms with Gasteiger partial charge >= 0.3 is 5.97 Å². The number of hydrogen-bond donors (Lipinski definition) is 2. The number of nitrogens with one attached hydrogen (secondary N) is 1. The molecule has 7 nitrogen and oxygen atoms in total. The summed E-state index contributed by atoms with van der Waals surface area (Å²) in [4.78, 5) is 16.2. The highest BCUT2D eigenvalue weighted by atomic mass is 19.1. The van der Waals surface area contributed by atoms with Crippen molar-refractivity contribution in [1.82, 2.24) is 15.2 Å². The molecule has 1 saturated heterocycles. The minimum absolute atomic E-state index is 0.0415. The van der Waals surface area contributed by atoms with Crippen LogP contribution in [0.25, 0.3) is 32.8 Å². The van der Waals surface area contributed by atoms with Crippen LogP contribution in [0.3, 0.4) is 0 Å². The Morgan fingerprint density at radius 1 is 1.03 bits per heavy atom. The fourth-order valence-corrected chi connectivity index (χ4v) is 4.82. The van der Waals surface area contributed by atoms with Crippen molar-refractivity contribution in [1.29, 1.82) is 0 Å². The number of nitrogens with zero attached hydrogens (tertiary/aromatic N) is 2. The lowest BCUT2D eigenvalue weighted by molar-refractivity contribution is 0.0696. The maximum Gasteiger partial charge on any atom is 0.335 e. The molecule has 0 atom stereocenters. The number of rotatable bonds is 5. The number of pyridine rings is 1. The van der Waals surface area contributed by atoms with Crippen LogP contribution in [0.1, 0.15) is 34.8 Å². The predicted molar refractivity (Wildman–Crippen MR) is 133 cm³/mol. The van der Waals surface area contributed by atoms with Crippen LogP contribution in [-0.2, 0) is 4.74 Å². The van der Waals surface area contributed by atoms with Gasteiger partial charge in [-0.25, -0.2) is 18.6 Å². The number of fused-ring (bicyclic) bond motifs is 2. The number of ether oxygens (including phenoxy) is 2. The molecule has 9 heteroatoms. The third-order valence-corrected chi connectivity index (χ3v) is 6.68. The number of benzene rings is 3. The summed E-state index contributed by atoms with van der Waals surface area (Å²) in [6.07, 6.45) is 3.19. The number of halogens is 2. The molecular formula is C28H21F2N3O4. The normalized spacial score (nSPS) is 14.3. The molecule has 186 valence electrons. The monoisotopic (exact) mass is 501 g/mol. The molecule has 0 spiro atoms. The summed E-state index contributed by atoms with van der Waals surface area (Å²) in [5.41, 5.74) is 2.95. The average molecular weight is 501 g/mol. The Morgan fingerprint density at radius 3 is 2.54 bits per heavy atom. The number of carboxylic acid groups (broad SMARTS) is 1. The Morgan fingerprint density at radius 2 is 1.81 bits per heavy atom. The van der Waals surface area contributed by atoms with Gasteiger partial charge in [0.15, 0.2) is 11.6 Å². The van der Waals surface area contributed by atoms with E-state index in [1.165, 1.54) is 24.3 Å². The van der Waals surface area contributed by atoms with Gasteiger partial charge in [0.2, 0.25) is 5.88 Å². The number of carboxylic acids is 1. The van der Waals surface area contributed by atoms with Crippen LogP contribution in [0.5, 0.6) is 11.6 Å². The summed E-state index contributed by atoms with van der Waals surface area (Å²) in [6.45, 7) is 1.16. The van der Waals surface area contributed by atoms with Crippen LogP contribution < -0.4 is 4.74 Å². The standard InChI is InChI=1S/C28H21F2N3O4/c29-19-4-1-15(2-5-19)25-20-11-18-14-31-33-23(18)13-21(20)27(32-26(25)16-7-9-36-10-8-16)37-24-6-3-17(28(34)35)12-22(24)30/h1-6,11-14,16H,7-10H2,(H,31,33)(H,34,35). The zero-order valence-electron chi connectivity index (χ0n) is 19.5. The molecule has 0 unspecified atom stereocenters. The van der Waals surface area contributed by atoms with Crippen LogP contribution in [0.2, 0.25) is 0 Å². The fourth-order valence-electron chi connectivity index (χ4n) is 4.82. The number of aromatic carboxylic acids is 1. The quantitative estimate of drug-likeness (QED) is 0.288. The zero-order chi connectivity index (χ0) is 25.5. The second-order valence-electron chi connectivity index (χ2n) is 8.98. The minimum Gasteiger partial charge on any atom is -0.478 e. The van der Waals surface area contributed by atoms with Gasteiger partial charge in [0, 0.05) is 35.5 Å². The lowest BCUT2D eigenvalue weighted by Crippen LogP contribution is -2.16. The molecule has 2 aromatic heterocycles. The predicted octanol–water partition coefficient (Wildman–Crippen LogP) is 6.44. The van der Waals surface area contributed by atoms with E-state index in [0.29, 0.717) is 18.6 Å².